The number of rotatable bonds is 8. The second-order valence-corrected chi connectivity index (χ2v) is 7.18. The Morgan fingerprint density at radius 2 is 2.10 bits per heavy atom. The largest absolute Gasteiger partial charge is 0.389 e. The summed E-state index contributed by atoms with van der Waals surface area (Å²) >= 11 is 1.72. The number of hydrogen-bond acceptors (Lipinski definition) is 4. The van der Waals surface area contributed by atoms with Gasteiger partial charge in [-0.15, -0.1) is 0 Å². The van der Waals surface area contributed by atoms with Gasteiger partial charge in [-0.1, -0.05) is 6.92 Å². The zero-order valence-electron chi connectivity index (χ0n) is 13.4. The van der Waals surface area contributed by atoms with Crippen LogP contribution in [0.15, 0.2) is 16.8 Å². The van der Waals surface area contributed by atoms with E-state index in [4.69, 9.17) is 4.74 Å². The lowest BCUT2D eigenvalue weighted by Gasteiger charge is -2.31. The van der Waals surface area contributed by atoms with Crippen LogP contribution in [0.1, 0.15) is 46.6 Å². The SMILES string of the molecule is CC[C@@H](C)N(Cc1ccsc1)C[C@@H](O)COC(C)(C)C. The third-order valence-corrected chi connectivity index (χ3v) is 4.07. The topological polar surface area (TPSA) is 32.7 Å². The van der Waals surface area contributed by atoms with Gasteiger partial charge in [-0.25, -0.2) is 0 Å². The average molecular weight is 299 g/mol. The predicted molar refractivity (Wildman–Crippen MR) is 86.2 cm³/mol. The minimum atomic E-state index is -0.443. The monoisotopic (exact) mass is 299 g/mol. The smallest absolute Gasteiger partial charge is 0.0900 e. The molecule has 0 aromatic carbocycles. The van der Waals surface area contributed by atoms with E-state index in [0.717, 1.165) is 13.0 Å². The van der Waals surface area contributed by atoms with Gasteiger partial charge in [0.05, 0.1) is 18.3 Å². The van der Waals surface area contributed by atoms with Crippen molar-refractivity contribution in [1.82, 2.24) is 4.90 Å². The van der Waals surface area contributed by atoms with Crippen LogP contribution in [0.5, 0.6) is 0 Å². The van der Waals surface area contributed by atoms with E-state index < -0.39 is 6.10 Å². The van der Waals surface area contributed by atoms with Crippen molar-refractivity contribution in [3.8, 4) is 0 Å². The van der Waals surface area contributed by atoms with Gasteiger partial charge in [0.2, 0.25) is 0 Å². The maximum absolute atomic E-state index is 10.2. The minimum Gasteiger partial charge on any atom is -0.389 e. The Kier molecular flexibility index (Phi) is 7.17. The summed E-state index contributed by atoms with van der Waals surface area (Å²) in [6.07, 6.45) is 0.638. The third-order valence-electron chi connectivity index (χ3n) is 3.33. The van der Waals surface area contributed by atoms with Crippen LogP contribution in [0.3, 0.4) is 0 Å². The molecule has 0 aliphatic heterocycles. The molecule has 4 heteroatoms. The molecule has 0 fully saturated rings. The van der Waals surface area contributed by atoms with Gasteiger partial charge in [-0.2, -0.15) is 11.3 Å². The van der Waals surface area contributed by atoms with Gasteiger partial charge >= 0.3 is 0 Å². The van der Waals surface area contributed by atoms with Crippen LogP contribution in [0.4, 0.5) is 0 Å². The Hall–Kier alpha value is -0.420. The molecule has 1 heterocycles. The first-order chi connectivity index (χ1) is 9.31. The van der Waals surface area contributed by atoms with E-state index in [1.165, 1.54) is 5.56 Å². The summed E-state index contributed by atoms with van der Waals surface area (Å²) in [6.45, 7) is 12.4. The molecule has 0 bridgehead atoms. The Balaban J connectivity index is 2.51. The molecule has 1 aromatic heterocycles. The average Bonchev–Trinajstić information content (AvgIpc) is 2.86. The van der Waals surface area contributed by atoms with Crippen molar-refractivity contribution in [3.63, 3.8) is 0 Å². The molecule has 1 N–H and O–H groups in total. The van der Waals surface area contributed by atoms with Crippen molar-refractivity contribution in [2.24, 2.45) is 0 Å². The first-order valence-electron chi connectivity index (χ1n) is 7.39. The number of thiophene rings is 1. The molecular weight excluding hydrogens is 270 g/mol. The summed E-state index contributed by atoms with van der Waals surface area (Å²) in [7, 11) is 0. The van der Waals surface area contributed by atoms with Crippen molar-refractivity contribution in [2.75, 3.05) is 13.2 Å². The van der Waals surface area contributed by atoms with Gasteiger partial charge < -0.3 is 9.84 Å². The minimum absolute atomic E-state index is 0.199. The van der Waals surface area contributed by atoms with Gasteiger partial charge in [-0.05, 0) is 56.5 Å². The zero-order valence-corrected chi connectivity index (χ0v) is 14.2. The number of nitrogens with zero attached hydrogens (tertiary/aromatic N) is 1. The molecule has 0 unspecified atom stereocenters. The number of aliphatic hydroxyl groups is 1. The van der Waals surface area contributed by atoms with E-state index in [2.05, 4.69) is 35.6 Å². The van der Waals surface area contributed by atoms with Crippen LogP contribution >= 0.6 is 11.3 Å². The van der Waals surface area contributed by atoms with E-state index in [9.17, 15) is 5.11 Å². The Bertz CT molecular complexity index is 359. The van der Waals surface area contributed by atoms with Gasteiger partial charge in [0.15, 0.2) is 0 Å². The first kappa shape index (κ1) is 17.6. The van der Waals surface area contributed by atoms with Gasteiger partial charge in [-0.3, -0.25) is 4.90 Å². The molecule has 0 amide bonds. The highest BCUT2D eigenvalue weighted by atomic mass is 32.1. The van der Waals surface area contributed by atoms with E-state index in [1.54, 1.807) is 11.3 Å². The lowest BCUT2D eigenvalue weighted by atomic mass is 10.1. The number of aliphatic hydroxyl groups excluding tert-OH is 1. The number of hydrogen-bond donors (Lipinski definition) is 1. The van der Waals surface area contributed by atoms with Gasteiger partial charge in [0.1, 0.15) is 0 Å². The second-order valence-electron chi connectivity index (χ2n) is 6.40. The lowest BCUT2D eigenvalue weighted by Crippen LogP contribution is -2.40. The van der Waals surface area contributed by atoms with E-state index in [0.29, 0.717) is 19.2 Å². The fraction of sp³-hybridized carbons (Fsp3) is 0.750. The van der Waals surface area contributed by atoms with Crippen molar-refractivity contribution in [1.29, 1.82) is 0 Å². The Morgan fingerprint density at radius 3 is 2.60 bits per heavy atom. The van der Waals surface area contributed by atoms with Crippen LogP contribution in [0, 0.1) is 0 Å². The lowest BCUT2D eigenvalue weighted by molar-refractivity contribution is -0.0593. The second kappa shape index (κ2) is 8.13. The summed E-state index contributed by atoms with van der Waals surface area (Å²) in [5.41, 5.74) is 1.12. The quantitative estimate of drug-likeness (QED) is 0.797. The fourth-order valence-corrected chi connectivity index (χ4v) is 2.61. The standard InChI is InChI=1S/C16H29NO2S/c1-6-13(2)17(9-14-7-8-20-12-14)10-15(18)11-19-16(3,4)5/h7-8,12-13,15,18H,6,9-11H2,1-5H3/t13-,15-/m1/s1. The fourth-order valence-electron chi connectivity index (χ4n) is 1.95. The van der Waals surface area contributed by atoms with Crippen molar-refractivity contribution in [3.05, 3.63) is 22.4 Å². The summed E-state index contributed by atoms with van der Waals surface area (Å²) < 4.78 is 5.67. The predicted octanol–water partition coefficient (Wildman–Crippen LogP) is 3.52. The molecule has 2 atom stereocenters. The molecule has 0 spiro atoms. The molecular formula is C16H29NO2S. The Labute approximate surface area is 127 Å². The van der Waals surface area contributed by atoms with Crippen LogP contribution in [0.25, 0.3) is 0 Å². The van der Waals surface area contributed by atoms with Crippen LogP contribution in [-0.2, 0) is 11.3 Å². The Morgan fingerprint density at radius 1 is 1.40 bits per heavy atom. The molecule has 0 radical (unpaired) electrons. The first-order valence-corrected chi connectivity index (χ1v) is 8.33. The molecule has 1 rings (SSSR count). The highest BCUT2D eigenvalue weighted by Gasteiger charge is 2.19. The highest BCUT2D eigenvalue weighted by molar-refractivity contribution is 7.07. The van der Waals surface area contributed by atoms with Crippen LogP contribution in [0.2, 0.25) is 0 Å². The van der Waals surface area contributed by atoms with E-state index >= 15 is 0 Å². The van der Waals surface area contributed by atoms with E-state index in [1.807, 2.05) is 20.8 Å². The highest BCUT2D eigenvalue weighted by Crippen LogP contribution is 2.15. The van der Waals surface area contributed by atoms with Crippen molar-refractivity contribution >= 4 is 11.3 Å². The molecule has 0 saturated carbocycles. The van der Waals surface area contributed by atoms with Crippen molar-refractivity contribution < 1.29 is 9.84 Å². The van der Waals surface area contributed by atoms with Gasteiger partial charge in [0.25, 0.3) is 0 Å². The molecule has 0 aliphatic carbocycles. The normalized spacial score (nSPS) is 15.6. The summed E-state index contributed by atoms with van der Waals surface area (Å²) in [5, 5.41) is 14.5. The van der Waals surface area contributed by atoms with Crippen LogP contribution < -0.4 is 0 Å². The van der Waals surface area contributed by atoms with Crippen molar-refractivity contribution in [2.45, 2.75) is 65.3 Å². The number of ether oxygens (including phenoxy) is 1. The molecule has 3 nitrogen and oxygen atoms in total. The third kappa shape index (κ3) is 6.84. The maximum Gasteiger partial charge on any atom is 0.0900 e. The summed E-state index contributed by atoms with van der Waals surface area (Å²) in [4.78, 5) is 2.33. The maximum atomic E-state index is 10.2. The molecule has 116 valence electrons. The molecule has 20 heavy (non-hydrogen) atoms. The molecule has 0 saturated heterocycles. The molecule has 1 aromatic rings. The summed E-state index contributed by atoms with van der Waals surface area (Å²) in [5.74, 6) is 0. The van der Waals surface area contributed by atoms with E-state index in [-0.39, 0.29) is 5.60 Å². The van der Waals surface area contributed by atoms with Crippen LogP contribution in [-0.4, -0.2) is 40.9 Å². The zero-order chi connectivity index (χ0) is 15.2. The summed E-state index contributed by atoms with van der Waals surface area (Å²) in [6, 6.07) is 2.61. The molecule has 0 aliphatic rings. The van der Waals surface area contributed by atoms with Gasteiger partial charge in [0, 0.05) is 19.1 Å².